The Hall–Kier alpha value is -2.84. The van der Waals surface area contributed by atoms with E-state index in [-0.39, 0.29) is 17.3 Å². The number of fused-ring (bicyclic) bond motifs is 2. The third-order valence-electron chi connectivity index (χ3n) is 7.85. The Balaban J connectivity index is 1.09. The van der Waals surface area contributed by atoms with Gasteiger partial charge in [-0.05, 0) is 81.1 Å². The van der Waals surface area contributed by atoms with Gasteiger partial charge in [-0.1, -0.05) is 6.07 Å². The number of nitrogens with zero attached hydrogens (tertiary/aromatic N) is 4. The van der Waals surface area contributed by atoms with Crippen LogP contribution in [0.15, 0.2) is 30.3 Å². The van der Waals surface area contributed by atoms with Crippen molar-refractivity contribution in [3.8, 4) is 0 Å². The van der Waals surface area contributed by atoms with Gasteiger partial charge in [0, 0.05) is 24.3 Å². The van der Waals surface area contributed by atoms with E-state index < -0.39 is 0 Å². The van der Waals surface area contributed by atoms with Crippen LogP contribution in [0.25, 0.3) is 11.0 Å². The van der Waals surface area contributed by atoms with Gasteiger partial charge in [0.25, 0.3) is 0 Å². The zero-order valence-electron chi connectivity index (χ0n) is 18.7. The van der Waals surface area contributed by atoms with Gasteiger partial charge >= 0.3 is 5.97 Å². The van der Waals surface area contributed by atoms with Crippen LogP contribution in [0, 0.1) is 12.3 Å². The van der Waals surface area contributed by atoms with Gasteiger partial charge in [-0.2, -0.15) is 8.75 Å². The zero-order valence-corrected chi connectivity index (χ0v) is 19.5. The molecule has 8 heteroatoms. The Bertz CT molecular complexity index is 1260. The summed E-state index contributed by atoms with van der Waals surface area (Å²) in [6.07, 6.45) is 3.69. The van der Waals surface area contributed by atoms with Crippen LogP contribution in [0.5, 0.6) is 0 Å². The second kappa shape index (κ2) is 7.88. The molecule has 33 heavy (non-hydrogen) atoms. The molecule has 6 rings (SSSR count). The van der Waals surface area contributed by atoms with E-state index in [9.17, 15) is 9.59 Å². The van der Waals surface area contributed by atoms with Crippen molar-refractivity contribution >= 4 is 40.3 Å². The minimum absolute atomic E-state index is 0.209. The van der Waals surface area contributed by atoms with Crippen LogP contribution >= 0.6 is 11.7 Å². The minimum atomic E-state index is -0.229. The highest BCUT2D eigenvalue weighted by molar-refractivity contribution is 7.00. The summed E-state index contributed by atoms with van der Waals surface area (Å²) >= 11 is 1.21. The third-order valence-corrected chi connectivity index (χ3v) is 8.41. The number of likely N-dealkylation sites (tertiary alicyclic amines) is 1. The van der Waals surface area contributed by atoms with Gasteiger partial charge in [0.2, 0.25) is 5.91 Å². The fourth-order valence-corrected chi connectivity index (χ4v) is 6.14. The molecule has 7 nitrogen and oxygen atoms in total. The molecule has 3 aliphatic heterocycles. The molecule has 0 N–H and O–H groups in total. The van der Waals surface area contributed by atoms with Crippen molar-refractivity contribution in [2.45, 2.75) is 39.2 Å². The largest absolute Gasteiger partial charge is 0.457 e. The van der Waals surface area contributed by atoms with Crippen molar-refractivity contribution in [3.63, 3.8) is 0 Å². The van der Waals surface area contributed by atoms with E-state index in [0.717, 1.165) is 74.1 Å². The summed E-state index contributed by atoms with van der Waals surface area (Å²) in [7, 11) is 0. The summed E-state index contributed by atoms with van der Waals surface area (Å²) in [5.74, 6) is 0.0586. The predicted octanol–water partition coefficient (Wildman–Crippen LogP) is 3.73. The first kappa shape index (κ1) is 20.7. The van der Waals surface area contributed by atoms with Gasteiger partial charge in [0.05, 0.1) is 22.7 Å². The molecule has 2 fully saturated rings. The van der Waals surface area contributed by atoms with Crippen molar-refractivity contribution in [3.05, 3.63) is 52.6 Å². The van der Waals surface area contributed by atoms with Gasteiger partial charge in [-0.25, -0.2) is 4.79 Å². The summed E-state index contributed by atoms with van der Waals surface area (Å²) in [6.45, 7) is 6.12. The number of carbonyl (C=O) groups is 2. The summed E-state index contributed by atoms with van der Waals surface area (Å²) in [5.41, 5.74) is 6.67. The molecule has 1 aromatic heterocycles. The minimum Gasteiger partial charge on any atom is -0.457 e. The van der Waals surface area contributed by atoms with Crippen LogP contribution in [0.2, 0.25) is 0 Å². The molecular formula is C25H26N4O3S. The van der Waals surface area contributed by atoms with Crippen LogP contribution in [0.1, 0.15) is 46.3 Å². The third kappa shape index (κ3) is 3.43. The highest BCUT2D eigenvalue weighted by Crippen LogP contribution is 2.43. The molecule has 3 aliphatic rings. The lowest BCUT2D eigenvalue weighted by Gasteiger charge is -2.38. The average Bonchev–Trinajstić information content (AvgIpc) is 3.53. The van der Waals surface area contributed by atoms with E-state index >= 15 is 0 Å². The van der Waals surface area contributed by atoms with Crippen LogP contribution < -0.4 is 4.90 Å². The number of cyclic esters (lactones) is 1. The van der Waals surface area contributed by atoms with E-state index in [1.807, 2.05) is 29.2 Å². The number of hydrogen-bond donors (Lipinski definition) is 0. The number of esters is 1. The molecule has 0 aliphatic carbocycles. The van der Waals surface area contributed by atoms with Crippen LogP contribution in [0.4, 0.5) is 5.69 Å². The highest BCUT2D eigenvalue weighted by Gasteiger charge is 2.48. The molecule has 0 radical (unpaired) electrons. The predicted molar refractivity (Wildman–Crippen MR) is 126 cm³/mol. The molecule has 4 heterocycles. The molecule has 2 aromatic carbocycles. The molecular weight excluding hydrogens is 436 g/mol. The van der Waals surface area contributed by atoms with Gasteiger partial charge in [-0.15, -0.1) is 0 Å². The van der Waals surface area contributed by atoms with Crippen molar-refractivity contribution in [1.82, 2.24) is 13.6 Å². The molecule has 0 unspecified atom stereocenters. The quantitative estimate of drug-likeness (QED) is 0.550. The van der Waals surface area contributed by atoms with Crippen LogP contribution in [0.3, 0.4) is 0 Å². The maximum Gasteiger partial charge on any atom is 0.338 e. The summed E-state index contributed by atoms with van der Waals surface area (Å²) in [6, 6.07) is 9.91. The molecule has 0 bridgehead atoms. The first-order valence-corrected chi connectivity index (χ1v) is 12.3. The summed E-state index contributed by atoms with van der Waals surface area (Å²) in [4.78, 5) is 29.7. The first-order chi connectivity index (χ1) is 16.0. The second-order valence-corrected chi connectivity index (χ2v) is 10.00. The van der Waals surface area contributed by atoms with E-state index in [4.69, 9.17) is 4.74 Å². The van der Waals surface area contributed by atoms with Gasteiger partial charge in [0.1, 0.15) is 17.6 Å². The lowest BCUT2D eigenvalue weighted by molar-refractivity contribution is -0.128. The molecule has 170 valence electrons. The Kier molecular flexibility index (Phi) is 4.96. The van der Waals surface area contributed by atoms with Crippen LogP contribution in [-0.4, -0.2) is 51.7 Å². The van der Waals surface area contributed by atoms with Crippen molar-refractivity contribution < 1.29 is 14.3 Å². The number of benzene rings is 2. The van der Waals surface area contributed by atoms with Crippen molar-refractivity contribution in [2.24, 2.45) is 5.41 Å². The van der Waals surface area contributed by atoms with Crippen LogP contribution in [-0.2, 0) is 22.6 Å². The molecule has 0 atom stereocenters. The number of amides is 1. The van der Waals surface area contributed by atoms with Crippen molar-refractivity contribution in [2.75, 3.05) is 31.1 Å². The Labute approximate surface area is 196 Å². The normalized spacial score (nSPS) is 20.1. The Morgan fingerprint density at radius 1 is 1.03 bits per heavy atom. The molecule has 2 saturated heterocycles. The number of rotatable bonds is 4. The van der Waals surface area contributed by atoms with E-state index in [1.54, 1.807) is 0 Å². The maximum absolute atomic E-state index is 13.5. The number of ether oxygens (including phenoxy) is 1. The van der Waals surface area contributed by atoms with Gasteiger partial charge < -0.3 is 14.5 Å². The highest BCUT2D eigenvalue weighted by atomic mass is 32.1. The van der Waals surface area contributed by atoms with E-state index in [0.29, 0.717) is 12.2 Å². The van der Waals surface area contributed by atoms with E-state index in [1.165, 1.54) is 22.9 Å². The zero-order chi connectivity index (χ0) is 22.6. The molecule has 0 saturated carbocycles. The van der Waals surface area contributed by atoms with Crippen molar-refractivity contribution in [1.29, 1.82) is 0 Å². The number of hydrogen-bond acceptors (Lipinski definition) is 7. The summed E-state index contributed by atoms with van der Waals surface area (Å²) in [5, 5.41) is 0. The van der Waals surface area contributed by atoms with Gasteiger partial charge in [0.15, 0.2) is 0 Å². The standard InChI is InChI=1S/C25H26N4O3S/c1-16-17(2-4-19-20(16)15-32-23(19)30)6-10-28-11-7-25(8-12-28)9-13-29(24(25)31)18-3-5-21-22(14-18)27-33-26-21/h2-5,14H,6-13,15H2,1H3. The molecule has 1 amide bonds. The second-order valence-electron chi connectivity index (χ2n) is 9.47. The number of aromatic nitrogens is 2. The SMILES string of the molecule is Cc1c(CCN2CCC3(CC2)CCN(c2ccc4nsnc4c2)C3=O)ccc2c1COC2=O. The monoisotopic (exact) mass is 462 g/mol. The fraction of sp³-hybridized carbons (Fsp3) is 0.440. The first-order valence-electron chi connectivity index (χ1n) is 11.6. The Morgan fingerprint density at radius 3 is 2.67 bits per heavy atom. The molecule has 3 aromatic rings. The Morgan fingerprint density at radius 2 is 1.82 bits per heavy atom. The smallest absolute Gasteiger partial charge is 0.338 e. The van der Waals surface area contributed by atoms with E-state index in [2.05, 4.69) is 26.6 Å². The fourth-order valence-electron chi connectivity index (χ4n) is 5.62. The summed E-state index contributed by atoms with van der Waals surface area (Å²) < 4.78 is 13.8. The number of carbonyl (C=O) groups excluding carboxylic acids is 2. The van der Waals surface area contributed by atoms with Gasteiger partial charge in [-0.3, -0.25) is 4.79 Å². The lowest BCUT2D eigenvalue weighted by Crippen LogP contribution is -2.45. The molecule has 1 spiro atoms. The topological polar surface area (TPSA) is 75.6 Å². The number of anilines is 1. The lowest BCUT2D eigenvalue weighted by atomic mass is 9.77. The number of piperidine rings is 1. The maximum atomic E-state index is 13.5. The average molecular weight is 463 g/mol.